The van der Waals surface area contributed by atoms with Gasteiger partial charge in [0, 0.05) is 11.8 Å². The van der Waals surface area contributed by atoms with Crippen molar-refractivity contribution in [1.82, 2.24) is 15.0 Å². The number of para-hydroxylation sites is 2. The summed E-state index contributed by atoms with van der Waals surface area (Å²) in [6.45, 7) is 2.18. The topological polar surface area (TPSA) is 122 Å². The predicted octanol–water partition coefficient (Wildman–Crippen LogP) is 6.04. The summed E-state index contributed by atoms with van der Waals surface area (Å²) in [5, 5.41) is -0.188. The van der Waals surface area contributed by atoms with Crippen molar-refractivity contribution in [1.29, 1.82) is 0 Å². The zero-order valence-corrected chi connectivity index (χ0v) is 24.0. The van der Waals surface area contributed by atoms with Gasteiger partial charge in [-0.05, 0) is 48.4 Å². The molecule has 0 atom stereocenters. The van der Waals surface area contributed by atoms with Gasteiger partial charge in [-0.3, -0.25) is 4.72 Å². The second-order valence-electron chi connectivity index (χ2n) is 9.07. The molecule has 1 N–H and O–H groups in total. The molecular formula is C31H28N4O6S. The van der Waals surface area contributed by atoms with E-state index in [-0.39, 0.29) is 28.3 Å². The van der Waals surface area contributed by atoms with E-state index in [2.05, 4.69) is 19.7 Å². The van der Waals surface area contributed by atoms with Gasteiger partial charge in [-0.25, -0.2) is 9.97 Å². The number of aromatic nitrogens is 3. The molecule has 0 fully saturated rings. The fourth-order valence-electron chi connectivity index (χ4n) is 3.93. The van der Waals surface area contributed by atoms with E-state index in [0.29, 0.717) is 29.4 Å². The average molecular weight is 585 g/mol. The van der Waals surface area contributed by atoms with E-state index >= 15 is 0 Å². The number of aryl methyl sites for hydroxylation is 1. The molecule has 11 heteroatoms. The molecule has 0 aliphatic rings. The van der Waals surface area contributed by atoms with Gasteiger partial charge in [-0.15, -0.1) is 0 Å². The summed E-state index contributed by atoms with van der Waals surface area (Å²) >= 11 is 0. The molecule has 0 aliphatic carbocycles. The van der Waals surface area contributed by atoms with Crippen molar-refractivity contribution in [3.8, 4) is 40.3 Å². The Morgan fingerprint density at radius 2 is 1.57 bits per heavy atom. The molecule has 5 rings (SSSR count). The van der Waals surface area contributed by atoms with E-state index in [4.69, 9.17) is 18.9 Å². The van der Waals surface area contributed by atoms with Gasteiger partial charge in [0.05, 0.1) is 14.2 Å². The van der Waals surface area contributed by atoms with Crippen LogP contribution in [0.4, 0.5) is 5.82 Å². The van der Waals surface area contributed by atoms with Crippen LogP contribution in [-0.2, 0) is 16.6 Å². The molecule has 214 valence electrons. The monoisotopic (exact) mass is 584 g/mol. The molecule has 3 aromatic carbocycles. The van der Waals surface area contributed by atoms with Crippen LogP contribution < -0.4 is 23.7 Å². The maximum absolute atomic E-state index is 13.4. The van der Waals surface area contributed by atoms with Crippen LogP contribution in [0.5, 0.6) is 28.9 Å². The van der Waals surface area contributed by atoms with Crippen molar-refractivity contribution in [2.45, 2.75) is 18.6 Å². The molecule has 2 heterocycles. The highest BCUT2D eigenvalue weighted by atomic mass is 32.2. The van der Waals surface area contributed by atoms with Crippen LogP contribution in [0.25, 0.3) is 11.4 Å². The van der Waals surface area contributed by atoms with E-state index in [0.717, 1.165) is 11.1 Å². The molecule has 0 spiro atoms. The van der Waals surface area contributed by atoms with Crippen molar-refractivity contribution >= 4 is 15.8 Å². The molecule has 5 aromatic rings. The number of ether oxygens (including phenoxy) is 4. The number of hydrogen-bond acceptors (Lipinski definition) is 9. The van der Waals surface area contributed by atoms with Gasteiger partial charge < -0.3 is 18.9 Å². The number of sulfonamides is 1. The number of hydrogen-bond donors (Lipinski definition) is 1. The number of rotatable bonds is 11. The predicted molar refractivity (Wildman–Crippen MR) is 158 cm³/mol. The third-order valence-corrected chi connectivity index (χ3v) is 7.29. The minimum Gasteiger partial charge on any atom is -0.493 e. The lowest BCUT2D eigenvalue weighted by Crippen LogP contribution is -2.17. The first-order chi connectivity index (χ1) is 20.4. The number of nitrogens with zero attached hydrogens (tertiary/aromatic N) is 3. The number of anilines is 1. The summed E-state index contributed by atoms with van der Waals surface area (Å²) in [5.74, 6) is 1.27. The Morgan fingerprint density at radius 1 is 0.810 bits per heavy atom. The van der Waals surface area contributed by atoms with Gasteiger partial charge in [0.1, 0.15) is 12.4 Å². The summed E-state index contributed by atoms with van der Waals surface area (Å²) in [4.78, 5) is 13.2. The molecule has 0 aliphatic heterocycles. The van der Waals surface area contributed by atoms with Gasteiger partial charge in [0.2, 0.25) is 5.75 Å². The fourth-order valence-corrected chi connectivity index (χ4v) is 4.87. The summed E-state index contributed by atoms with van der Waals surface area (Å²) in [6.07, 6.45) is 1.47. The molecular weight excluding hydrogens is 556 g/mol. The molecule has 0 bridgehead atoms. The lowest BCUT2D eigenvalue weighted by Gasteiger charge is -2.17. The summed E-state index contributed by atoms with van der Waals surface area (Å²) in [6, 6.07) is 26.9. The Balaban J connectivity index is 1.56. The molecule has 0 unspecified atom stereocenters. The molecule has 0 radical (unpaired) electrons. The van der Waals surface area contributed by atoms with Crippen LogP contribution in [0, 0.1) is 6.92 Å². The van der Waals surface area contributed by atoms with Crippen LogP contribution >= 0.6 is 0 Å². The quantitative estimate of drug-likeness (QED) is 0.198. The molecule has 42 heavy (non-hydrogen) atoms. The highest BCUT2D eigenvalue weighted by Gasteiger charge is 2.25. The lowest BCUT2D eigenvalue weighted by atomic mass is 10.2. The van der Waals surface area contributed by atoms with E-state index < -0.39 is 10.0 Å². The normalized spacial score (nSPS) is 11.0. The van der Waals surface area contributed by atoms with E-state index in [9.17, 15) is 8.42 Å². The Labute approximate surface area is 244 Å². The van der Waals surface area contributed by atoms with Crippen molar-refractivity contribution in [2.24, 2.45) is 0 Å². The number of benzene rings is 3. The average Bonchev–Trinajstić information content (AvgIpc) is 3.01. The van der Waals surface area contributed by atoms with Crippen LogP contribution in [-0.4, -0.2) is 37.6 Å². The highest BCUT2D eigenvalue weighted by molar-refractivity contribution is 7.92. The summed E-state index contributed by atoms with van der Waals surface area (Å²) in [7, 11) is -1.27. The summed E-state index contributed by atoms with van der Waals surface area (Å²) < 4.78 is 52.3. The number of nitrogens with one attached hydrogen (secondary N) is 1. The van der Waals surface area contributed by atoms with Gasteiger partial charge in [0.15, 0.2) is 28.2 Å². The van der Waals surface area contributed by atoms with Gasteiger partial charge in [-0.2, -0.15) is 13.4 Å². The second kappa shape index (κ2) is 12.6. The first-order valence-electron chi connectivity index (χ1n) is 12.9. The van der Waals surface area contributed by atoms with Gasteiger partial charge in [-0.1, -0.05) is 60.7 Å². The van der Waals surface area contributed by atoms with Gasteiger partial charge in [0.25, 0.3) is 15.9 Å². The molecule has 0 saturated carbocycles. The maximum Gasteiger partial charge on any atom is 0.280 e. The Hall–Kier alpha value is -5.16. The minimum absolute atomic E-state index is 0.00363. The van der Waals surface area contributed by atoms with Crippen molar-refractivity contribution < 1.29 is 27.4 Å². The Bertz CT molecular complexity index is 1780. The lowest BCUT2D eigenvalue weighted by molar-refractivity contribution is 0.306. The number of methoxy groups -OCH3 is 2. The second-order valence-corrected chi connectivity index (χ2v) is 10.7. The van der Waals surface area contributed by atoms with Gasteiger partial charge >= 0.3 is 0 Å². The third-order valence-electron chi connectivity index (χ3n) is 6.04. The van der Waals surface area contributed by atoms with Crippen molar-refractivity contribution in [3.63, 3.8) is 0 Å². The Morgan fingerprint density at radius 3 is 2.29 bits per heavy atom. The maximum atomic E-state index is 13.4. The van der Waals surface area contributed by atoms with Crippen LogP contribution in [0.2, 0.25) is 0 Å². The van der Waals surface area contributed by atoms with E-state index in [1.807, 2.05) is 43.3 Å². The highest BCUT2D eigenvalue weighted by Crippen LogP contribution is 2.41. The molecule has 2 aromatic heterocycles. The van der Waals surface area contributed by atoms with Crippen LogP contribution in [0.1, 0.15) is 11.1 Å². The SMILES string of the molecule is COc1ccccc1Oc1c(NS(=O)(=O)c2ccc(C)cn2)nc(-c2cccc(OCc3ccccc3)c2)nc1OC. The number of pyridine rings is 1. The third kappa shape index (κ3) is 6.58. The first kappa shape index (κ1) is 28.4. The first-order valence-corrected chi connectivity index (χ1v) is 14.3. The Kier molecular flexibility index (Phi) is 8.49. The van der Waals surface area contributed by atoms with Crippen LogP contribution in [0.3, 0.4) is 0 Å². The van der Waals surface area contributed by atoms with Crippen molar-refractivity contribution in [3.05, 3.63) is 108 Å². The van der Waals surface area contributed by atoms with E-state index in [1.165, 1.54) is 26.5 Å². The van der Waals surface area contributed by atoms with Crippen LogP contribution in [0.15, 0.2) is 102 Å². The molecule has 0 saturated heterocycles. The largest absolute Gasteiger partial charge is 0.493 e. The summed E-state index contributed by atoms with van der Waals surface area (Å²) in [5.41, 5.74) is 2.39. The molecule has 10 nitrogen and oxygen atoms in total. The minimum atomic E-state index is -4.17. The zero-order valence-electron chi connectivity index (χ0n) is 23.1. The smallest absolute Gasteiger partial charge is 0.280 e. The van der Waals surface area contributed by atoms with Crippen molar-refractivity contribution in [2.75, 3.05) is 18.9 Å². The van der Waals surface area contributed by atoms with E-state index in [1.54, 1.807) is 48.5 Å². The zero-order chi connectivity index (χ0) is 29.5. The molecule has 0 amide bonds. The fraction of sp³-hybridized carbons (Fsp3) is 0.129. The standard InChI is InChI=1S/C31H28N4O6S/c1-21-16-17-27(32-19-21)42(36,37)35-30-28(41-26-15-8-7-14-25(26)38-2)31(39-3)34-29(33-30)23-12-9-13-24(18-23)40-20-22-10-5-4-6-11-22/h4-19H,20H2,1-3H3,(H,33,34,35).